The molecule has 30 heavy (non-hydrogen) atoms. The van der Waals surface area contributed by atoms with Gasteiger partial charge in [0.1, 0.15) is 0 Å². The Hall–Kier alpha value is -2.68. The van der Waals surface area contributed by atoms with E-state index >= 15 is 0 Å². The fourth-order valence-electron chi connectivity index (χ4n) is 3.70. The van der Waals surface area contributed by atoms with Crippen LogP contribution >= 0.6 is 0 Å². The van der Waals surface area contributed by atoms with E-state index in [1.54, 1.807) is 12.1 Å². The molecule has 1 aliphatic rings. The van der Waals surface area contributed by atoms with E-state index in [1.807, 2.05) is 60.7 Å². The number of hydrogen-bond donors (Lipinski definition) is 1. The highest BCUT2D eigenvalue weighted by molar-refractivity contribution is 7.92. The van der Waals surface area contributed by atoms with Crippen LogP contribution in [0.1, 0.15) is 22.7 Å². The van der Waals surface area contributed by atoms with Crippen molar-refractivity contribution >= 4 is 25.7 Å². The van der Waals surface area contributed by atoms with E-state index in [0.717, 1.165) is 17.4 Å². The zero-order chi connectivity index (χ0) is 21.4. The molecule has 6 nitrogen and oxygen atoms in total. The first-order chi connectivity index (χ1) is 14.3. The van der Waals surface area contributed by atoms with E-state index in [2.05, 4.69) is 4.72 Å². The molecule has 0 spiro atoms. The molecular weight excluding hydrogens is 420 g/mol. The zero-order valence-corrected chi connectivity index (χ0v) is 18.0. The van der Waals surface area contributed by atoms with Crippen LogP contribution in [-0.2, 0) is 26.5 Å². The quantitative estimate of drug-likeness (QED) is 0.636. The number of rotatable bonds is 6. The van der Waals surface area contributed by atoms with Crippen molar-refractivity contribution in [3.05, 3.63) is 95.6 Å². The fraction of sp³-hybridized carbons (Fsp3) is 0.182. The minimum absolute atomic E-state index is 0.119. The van der Waals surface area contributed by atoms with Crippen LogP contribution in [0.5, 0.6) is 0 Å². The van der Waals surface area contributed by atoms with Crippen molar-refractivity contribution < 1.29 is 16.8 Å². The van der Waals surface area contributed by atoms with Gasteiger partial charge in [-0.2, -0.15) is 4.72 Å². The van der Waals surface area contributed by atoms with Crippen molar-refractivity contribution in [1.82, 2.24) is 4.72 Å². The number of nitrogens with zero attached hydrogens (tertiary/aromatic N) is 1. The Morgan fingerprint density at radius 2 is 1.40 bits per heavy atom. The lowest BCUT2D eigenvalue weighted by molar-refractivity contribution is 0.572. The SMILES string of the molecule is CS(=O)(=O)N1CCc2cc(S(=O)(=O)NC(c3ccccc3)c3ccccc3)ccc21. The van der Waals surface area contributed by atoms with E-state index in [-0.39, 0.29) is 4.90 Å². The lowest BCUT2D eigenvalue weighted by atomic mass is 10.00. The maximum Gasteiger partial charge on any atom is 0.241 e. The first-order valence-corrected chi connectivity index (χ1v) is 12.8. The molecule has 0 amide bonds. The summed E-state index contributed by atoms with van der Waals surface area (Å²) in [5, 5.41) is 0. The highest BCUT2D eigenvalue weighted by Crippen LogP contribution is 2.32. The highest BCUT2D eigenvalue weighted by Gasteiger charge is 2.29. The van der Waals surface area contributed by atoms with Gasteiger partial charge in [0.2, 0.25) is 20.0 Å². The molecule has 0 aliphatic carbocycles. The van der Waals surface area contributed by atoms with Gasteiger partial charge in [0.05, 0.1) is 22.9 Å². The average molecular weight is 443 g/mol. The molecule has 1 aliphatic heterocycles. The maximum absolute atomic E-state index is 13.2. The summed E-state index contributed by atoms with van der Waals surface area (Å²) in [5.74, 6) is 0. The number of sulfonamides is 2. The molecule has 156 valence electrons. The molecule has 0 atom stereocenters. The van der Waals surface area contributed by atoms with Crippen molar-refractivity contribution in [3.8, 4) is 0 Å². The minimum atomic E-state index is -3.85. The van der Waals surface area contributed by atoms with Crippen molar-refractivity contribution in [2.24, 2.45) is 0 Å². The van der Waals surface area contributed by atoms with Crippen LogP contribution < -0.4 is 9.03 Å². The molecule has 3 aromatic carbocycles. The van der Waals surface area contributed by atoms with Gasteiger partial charge >= 0.3 is 0 Å². The summed E-state index contributed by atoms with van der Waals surface area (Å²) in [6.07, 6.45) is 1.63. The van der Waals surface area contributed by atoms with Gasteiger partial charge in [-0.3, -0.25) is 4.31 Å². The van der Waals surface area contributed by atoms with Gasteiger partial charge in [-0.15, -0.1) is 0 Å². The van der Waals surface area contributed by atoms with Gasteiger partial charge in [-0.25, -0.2) is 16.8 Å². The van der Waals surface area contributed by atoms with Crippen LogP contribution in [0.2, 0.25) is 0 Å². The lowest BCUT2D eigenvalue weighted by Crippen LogP contribution is -2.29. The zero-order valence-electron chi connectivity index (χ0n) is 16.4. The Morgan fingerprint density at radius 1 is 0.833 bits per heavy atom. The van der Waals surface area contributed by atoms with Crippen LogP contribution in [0.4, 0.5) is 5.69 Å². The van der Waals surface area contributed by atoms with Crippen molar-refractivity contribution in [3.63, 3.8) is 0 Å². The molecule has 0 saturated carbocycles. The third-order valence-corrected chi connectivity index (χ3v) is 7.75. The normalized spacial score (nSPS) is 14.1. The summed E-state index contributed by atoms with van der Waals surface area (Å²) >= 11 is 0. The topological polar surface area (TPSA) is 83.6 Å². The number of benzene rings is 3. The van der Waals surface area contributed by atoms with E-state index in [1.165, 1.54) is 10.4 Å². The average Bonchev–Trinajstić information content (AvgIpc) is 3.17. The van der Waals surface area contributed by atoms with Crippen LogP contribution in [0.25, 0.3) is 0 Å². The fourth-order valence-corrected chi connectivity index (χ4v) is 5.92. The minimum Gasteiger partial charge on any atom is -0.270 e. The third-order valence-electron chi connectivity index (χ3n) is 5.15. The summed E-state index contributed by atoms with van der Waals surface area (Å²) in [5.41, 5.74) is 2.91. The molecule has 3 aromatic rings. The Balaban J connectivity index is 1.69. The monoisotopic (exact) mass is 442 g/mol. The Kier molecular flexibility index (Phi) is 5.40. The molecule has 1 N–H and O–H groups in total. The molecule has 0 unspecified atom stereocenters. The Morgan fingerprint density at radius 3 is 1.93 bits per heavy atom. The first-order valence-electron chi connectivity index (χ1n) is 9.48. The largest absolute Gasteiger partial charge is 0.270 e. The summed E-state index contributed by atoms with van der Waals surface area (Å²) in [6, 6.07) is 22.8. The van der Waals surface area contributed by atoms with Crippen LogP contribution in [0.15, 0.2) is 83.8 Å². The third kappa shape index (κ3) is 4.12. The maximum atomic E-state index is 13.2. The summed E-state index contributed by atoms with van der Waals surface area (Å²) < 4.78 is 54.4. The predicted molar refractivity (Wildman–Crippen MR) is 117 cm³/mol. The first kappa shape index (κ1) is 20.6. The van der Waals surface area contributed by atoms with Crippen LogP contribution in [-0.4, -0.2) is 29.6 Å². The smallest absolute Gasteiger partial charge is 0.241 e. The van der Waals surface area contributed by atoms with Crippen molar-refractivity contribution in [2.45, 2.75) is 17.4 Å². The Bertz CT molecular complexity index is 1220. The number of anilines is 1. The van der Waals surface area contributed by atoms with Gasteiger partial charge in [-0.1, -0.05) is 60.7 Å². The summed E-state index contributed by atoms with van der Waals surface area (Å²) in [4.78, 5) is 0.119. The van der Waals surface area contributed by atoms with E-state index in [9.17, 15) is 16.8 Å². The van der Waals surface area contributed by atoms with Crippen LogP contribution in [0, 0.1) is 0 Å². The van der Waals surface area contributed by atoms with Crippen molar-refractivity contribution in [1.29, 1.82) is 0 Å². The molecule has 0 radical (unpaired) electrons. The number of fused-ring (bicyclic) bond motifs is 1. The number of nitrogens with one attached hydrogen (secondary N) is 1. The van der Waals surface area contributed by atoms with Crippen LogP contribution in [0.3, 0.4) is 0 Å². The van der Waals surface area contributed by atoms with E-state index in [4.69, 9.17) is 0 Å². The van der Waals surface area contributed by atoms with Gasteiger partial charge in [0, 0.05) is 6.54 Å². The molecule has 0 saturated heterocycles. The van der Waals surface area contributed by atoms with E-state index < -0.39 is 26.1 Å². The second kappa shape index (κ2) is 7.86. The molecule has 0 bridgehead atoms. The molecule has 4 rings (SSSR count). The number of hydrogen-bond acceptors (Lipinski definition) is 4. The Labute approximate surface area is 177 Å². The predicted octanol–water partition coefficient (Wildman–Crippen LogP) is 3.08. The van der Waals surface area contributed by atoms with Gasteiger partial charge < -0.3 is 0 Å². The van der Waals surface area contributed by atoms with Gasteiger partial charge in [0.25, 0.3) is 0 Å². The molecule has 1 heterocycles. The van der Waals surface area contributed by atoms with Crippen molar-refractivity contribution in [2.75, 3.05) is 17.1 Å². The van der Waals surface area contributed by atoms with Gasteiger partial charge in [-0.05, 0) is 41.3 Å². The molecule has 0 fully saturated rings. The highest BCUT2D eigenvalue weighted by atomic mass is 32.2. The summed E-state index contributed by atoms with van der Waals surface area (Å²) in [6.45, 7) is 0.321. The van der Waals surface area contributed by atoms with E-state index in [0.29, 0.717) is 24.2 Å². The molecule has 8 heteroatoms. The second-order valence-electron chi connectivity index (χ2n) is 7.25. The van der Waals surface area contributed by atoms with Gasteiger partial charge in [0.15, 0.2) is 0 Å². The standard InChI is InChI=1S/C22H22N2O4S2/c1-29(25,26)24-15-14-19-16-20(12-13-21(19)24)30(27,28)23-22(17-8-4-2-5-9-17)18-10-6-3-7-11-18/h2-13,16,22-23H,14-15H2,1H3. The lowest BCUT2D eigenvalue weighted by Gasteiger charge is -2.20. The summed E-state index contributed by atoms with van der Waals surface area (Å²) in [7, 11) is -7.24. The molecule has 0 aromatic heterocycles. The second-order valence-corrected chi connectivity index (χ2v) is 10.9. The molecular formula is C22H22N2O4S2.